The minimum absolute atomic E-state index is 0.242. The molecule has 18 heavy (non-hydrogen) atoms. The van der Waals surface area contributed by atoms with E-state index < -0.39 is 0 Å². The molecular weight excluding hydrogens is 216 g/mol. The first-order chi connectivity index (χ1) is 8.54. The van der Waals surface area contributed by atoms with E-state index in [9.17, 15) is 0 Å². The average Bonchev–Trinajstić information content (AvgIpc) is 2.34. The fourth-order valence-electron chi connectivity index (χ4n) is 2.74. The molecule has 0 nitrogen and oxygen atoms in total. The second-order valence-corrected chi connectivity index (χ2v) is 6.36. The summed E-state index contributed by atoms with van der Waals surface area (Å²) in [6, 6.07) is 15.9. The zero-order chi connectivity index (χ0) is 12.8. The van der Waals surface area contributed by atoms with E-state index in [0.717, 1.165) is 12.8 Å². The Labute approximate surface area is 110 Å². The first kappa shape index (κ1) is 11.5. The molecule has 0 atom stereocenters. The summed E-state index contributed by atoms with van der Waals surface area (Å²) in [6.45, 7) is 6.85. The van der Waals surface area contributed by atoms with Crippen LogP contribution in [-0.4, -0.2) is 0 Å². The summed E-state index contributed by atoms with van der Waals surface area (Å²) in [4.78, 5) is 0. The van der Waals surface area contributed by atoms with Crippen molar-refractivity contribution < 1.29 is 0 Å². The summed E-state index contributed by atoms with van der Waals surface area (Å²) in [5, 5.41) is 0. The number of hydrogen-bond acceptors (Lipinski definition) is 0. The average molecular weight is 236 g/mol. The van der Waals surface area contributed by atoms with Gasteiger partial charge in [0, 0.05) is 0 Å². The maximum Gasteiger partial charge on any atom is -0.00200 e. The Hall–Kier alpha value is -1.56. The van der Waals surface area contributed by atoms with Crippen molar-refractivity contribution in [1.82, 2.24) is 0 Å². The van der Waals surface area contributed by atoms with Crippen molar-refractivity contribution in [2.24, 2.45) is 0 Å². The summed E-state index contributed by atoms with van der Waals surface area (Å²) in [5.41, 5.74) is 7.69. The Morgan fingerprint density at radius 2 is 1.28 bits per heavy atom. The molecule has 1 aliphatic rings. The molecule has 0 spiro atoms. The van der Waals surface area contributed by atoms with E-state index in [1.807, 2.05) is 0 Å². The smallest absolute Gasteiger partial charge is 0.00200 e. The van der Waals surface area contributed by atoms with Gasteiger partial charge in [0.05, 0.1) is 0 Å². The van der Waals surface area contributed by atoms with E-state index in [4.69, 9.17) is 0 Å². The second-order valence-electron chi connectivity index (χ2n) is 6.36. The standard InChI is InChI=1S/C18H20/c1-18(2,3)17-9-8-15-10-13-6-4-5-7-14(13)11-16(15)12-17/h4-9,12H,10-11H2,1-3H3. The van der Waals surface area contributed by atoms with E-state index in [1.54, 1.807) is 0 Å². The summed E-state index contributed by atoms with van der Waals surface area (Å²) in [5.74, 6) is 0. The lowest BCUT2D eigenvalue weighted by Crippen LogP contribution is -2.14. The van der Waals surface area contributed by atoms with Crippen molar-refractivity contribution in [3.63, 3.8) is 0 Å². The second kappa shape index (κ2) is 3.98. The van der Waals surface area contributed by atoms with Gasteiger partial charge >= 0.3 is 0 Å². The van der Waals surface area contributed by atoms with Crippen LogP contribution >= 0.6 is 0 Å². The van der Waals surface area contributed by atoms with Crippen molar-refractivity contribution in [3.8, 4) is 0 Å². The van der Waals surface area contributed by atoms with Crippen LogP contribution in [0.15, 0.2) is 42.5 Å². The van der Waals surface area contributed by atoms with Crippen LogP contribution in [-0.2, 0) is 18.3 Å². The third-order valence-corrected chi connectivity index (χ3v) is 3.95. The van der Waals surface area contributed by atoms with Gasteiger partial charge in [-0.3, -0.25) is 0 Å². The highest BCUT2D eigenvalue weighted by atomic mass is 14.2. The SMILES string of the molecule is CC(C)(C)c1ccc2c(c1)Cc1ccccc1C2. The number of hydrogen-bond donors (Lipinski definition) is 0. The maximum atomic E-state index is 2.41. The van der Waals surface area contributed by atoms with Gasteiger partial charge in [-0.1, -0.05) is 63.2 Å². The summed E-state index contributed by atoms with van der Waals surface area (Å²) < 4.78 is 0. The Kier molecular flexibility index (Phi) is 2.55. The lowest BCUT2D eigenvalue weighted by molar-refractivity contribution is 0.589. The minimum Gasteiger partial charge on any atom is -0.0620 e. The fourth-order valence-corrected chi connectivity index (χ4v) is 2.74. The predicted octanol–water partition coefficient (Wildman–Crippen LogP) is 4.48. The van der Waals surface area contributed by atoms with Gasteiger partial charge in [-0.05, 0) is 46.1 Å². The molecule has 0 aromatic heterocycles. The number of benzene rings is 2. The molecule has 0 fully saturated rings. The van der Waals surface area contributed by atoms with Gasteiger partial charge in [0.2, 0.25) is 0 Å². The molecule has 92 valence electrons. The molecule has 0 saturated heterocycles. The normalized spacial score (nSPS) is 13.9. The fraction of sp³-hybridized carbons (Fsp3) is 0.333. The molecule has 0 saturated carbocycles. The highest BCUT2D eigenvalue weighted by molar-refractivity contribution is 5.47. The third kappa shape index (κ3) is 1.96. The Bertz CT molecular complexity index is 585. The highest BCUT2D eigenvalue weighted by Crippen LogP contribution is 2.31. The first-order valence-electron chi connectivity index (χ1n) is 6.73. The van der Waals surface area contributed by atoms with Crippen LogP contribution in [0.3, 0.4) is 0 Å². The molecule has 0 aliphatic heterocycles. The maximum absolute atomic E-state index is 2.41. The van der Waals surface area contributed by atoms with Crippen LogP contribution in [0.4, 0.5) is 0 Å². The van der Waals surface area contributed by atoms with Gasteiger partial charge in [0.25, 0.3) is 0 Å². The highest BCUT2D eigenvalue weighted by Gasteiger charge is 2.19. The van der Waals surface area contributed by atoms with E-state index in [-0.39, 0.29) is 5.41 Å². The van der Waals surface area contributed by atoms with Crippen LogP contribution in [0.1, 0.15) is 48.6 Å². The molecule has 0 N–H and O–H groups in total. The molecule has 0 heteroatoms. The van der Waals surface area contributed by atoms with Gasteiger partial charge in [0.15, 0.2) is 0 Å². The Balaban J connectivity index is 2.04. The molecular formula is C18H20. The van der Waals surface area contributed by atoms with Crippen molar-refractivity contribution in [1.29, 1.82) is 0 Å². The molecule has 2 aromatic carbocycles. The van der Waals surface area contributed by atoms with E-state index in [2.05, 4.69) is 63.2 Å². The summed E-state index contributed by atoms with van der Waals surface area (Å²) in [6.07, 6.45) is 2.19. The Morgan fingerprint density at radius 1 is 0.722 bits per heavy atom. The van der Waals surface area contributed by atoms with Crippen LogP contribution in [0, 0.1) is 0 Å². The van der Waals surface area contributed by atoms with Crippen LogP contribution in [0.2, 0.25) is 0 Å². The molecule has 0 unspecified atom stereocenters. The molecule has 0 bridgehead atoms. The lowest BCUT2D eigenvalue weighted by atomic mass is 9.80. The van der Waals surface area contributed by atoms with Gasteiger partial charge in [-0.15, -0.1) is 0 Å². The Morgan fingerprint density at radius 3 is 1.89 bits per heavy atom. The van der Waals surface area contributed by atoms with Crippen LogP contribution < -0.4 is 0 Å². The summed E-state index contributed by atoms with van der Waals surface area (Å²) in [7, 11) is 0. The number of rotatable bonds is 0. The topological polar surface area (TPSA) is 0 Å². The minimum atomic E-state index is 0.242. The molecule has 3 rings (SSSR count). The zero-order valence-corrected chi connectivity index (χ0v) is 11.5. The lowest BCUT2D eigenvalue weighted by Gasteiger charge is -2.24. The van der Waals surface area contributed by atoms with E-state index >= 15 is 0 Å². The molecule has 0 heterocycles. The van der Waals surface area contributed by atoms with Crippen molar-refractivity contribution >= 4 is 0 Å². The van der Waals surface area contributed by atoms with E-state index in [0.29, 0.717) is 0 Å². The molecule has 0 amide bonds. The van der Waals surface area contributed by atoms with Crippen molar-refractivity contribution in [2.75, 3.05) is 0 Å². The monoisotopic (exact) mass is 236 g/mol. The summed E-state index contributed by atoms with van der Waals surface area (Å²) >= 11 is 0. The third-order valence-electron chi connectivity index (χ3n) is 3.95. The molecule has 0 radical (unpaired) electrons. The van der Waals surface area contributed by atoms with Crippen molar-refractivity contribution in [3.05, 3.63) is 70.3 Å². The predicted molar refractivity (Wildman–Crippen MR) is 77.2 cm³/mol. The molecule has 2 aromatic rings. The zero-order valence-electron chi connectivity index (χ0n) is 11.5. The van der Waals surface area contributed by atoms with Gasteiger partial charge in [-0.25, -0.2) is 0 Å². The number of fused-ring (bicyclic) bond motifs is 2. The molecule has 1 aliphatic carbocycles. The van der Waals surface area contributed by atoms with Crippen molar-refractivity contribution in [2.45, 2.75) is 39.0 Å². The largest absolute Gasteiger partial charge is 0.0620 e. The van der Waals surface area contributed by atoms with Gasteiger partial charge in [-0.2, -0.15) is 0 Å². The van der Waals surface area contributed by atoms with Crippen LogP contribution in [0.5, 0.6) is 0 Å². The van der Waals surface area contributed by atoms with Crippen LogP contribution in [0.25, 0.3) is 0 Å². The van der Waals surface area contributed by atoms with Gasteiger partial charge in [0.1, 0.15) is 0 Å². The van der Waals surface area contributed by atoms with E-state index in [1.165, 1.54) is 27.8 Å². The first-order valence-corrected chi connectivity index (χ1v) is 6.73. The quantitative estimate of drug-likeness (QED) is 0.540. The van der Waals surface area contributed by atoms with Gasteiger partial charge < -0.3 is 0 Å².